The highest BCUT2D eigenvalue weighted by molar-refractivity contribution is 8.00. The first-order valence-electron chi connectivity index (χ1n) is 19.1. The molecule has 0 aromatic heterocycles. The highest BCUT2D eigenvalue weighted by atomic mass is 32.2. The molecule has 2 saturated carbocycles. The minimum absolute atomic E-state index is 0.0846. The Morgan fingerprint density at radius 3 is 2.23 bits per heavy atom. The summed E-state index contributed by atoms with van der Waals surface area (Å²) in [7, 11) is -3.84. The Balaban J connectivity index is 1.89. The highest BCUT2D eigenvalue weighted by Gasteiger charge is 2.46. The van der Waals surface area contributed by atoms with E-state index in [0.29, 0.717) is 24.2 Å². The average Bonchev–Trinajstić information content (AvgIpc) is 3.38. The van der Waals surface area contributed by atoms with E-state index in [-0.39, 0.29) is 16.7 Å². The van der Waals surface area contributed by atoms with Crippen LogP contribution in [-0.4, -0.2) is 44.1 Å². The van der Waals surface area contributed by atoms with Crippen LogP contribution < -0.4 is 0 Å². The van der Waals surface area contributed by atoms with Gasteiger partial charge in [-0.2, -0.15) is 0 Å². The molecule has 3 aliphatic rings. The average molecular weight is 701 g/mol. The summed E-state index contributed by atoms with van der Waals surface area (Å²) in [6.45, 7) is 32.4. The lowest BCUT2D eigenvalue weighted by molar-refractivity contribution is 0.0650. The summed E-state index contributed by atoms with van der Waals surface area (Å²) in [4.78, 5) is -0.912. The van der Waals surface area contributed by atoms with Gasteiger partial charge in [0.05, 0.1) is 11.7 Å². The number of allylic oxidation sites excluding steroid dienone is 5. The molecule has 3 rings (SSSR count). The number of hydrogen-bond acceptors (Lipinski definition) is 4. The van der Waals surface area contributed by atoms with Gasteiger partial charge in [0.15, 0.2) is 16.6 Å². The van der Waals surface area contributed by atoms with Crippen LogP contribution >= 0.6 is 11.8 Å². The van der Waals surface area contributed by atoms with Crippen LogP contribution in [0.25, 0.3) is 0 Å². The van der Waals surface area contributed by atoms with Crippen LogP contribution in [0.3, 0.4) is 0 Å². The van der Waals surface area contributed by atoms with Crippen LogP contribution in [0.2, 0.25) is 36.3 Å². The first-order valence-corrected chi connectivity index (χ1v) is 25.5. The predicted molar refractivity (Wildman–Crippen MR) is 213 cm³/mol. The van der Waals surface area contributed by atoms with E-state index >= 15 is 0 Å². The van der Waals surface area contributed by atoms with Crippen molar-refractivity contribution >= 4 is 28.4 Å². The van der Waals surface area contributed by atoms with Crippen LogP contribution in [0.4, 0.5) is 0 Å². The molecule has 0 spiro atoms. The topological polar surface area (TPSA) is 38.7 Å². The molecule has 3 aliphatic carbocycles. The molecule has 4 atom stereocenters. The van der Waals surface area contributed by atoms with Crippen molar-refractivity contribution in [2.75, 3.05) is 5.75 Å². The van der Waals surface area contributed by atoms with Crippen molar-refractivity contribution in [1.82, 2.24) is 0 Å². The van der Waals surface area contributed by atoms with Crippen molar-refractivity contribution in [1.29, 1.82) is 0 Å². The smallest absolute Gasteiger partial charge is 0.193 e. The molecule has 0 radical (unpaired) electrons. The molecule has 1 N–H and O–H groups in total. The van der Waals surface area contributed by atoms with E-state index < -0.39 is 21.6 Å². The molecule has 0 unspecified atom stereocenters. The van der Waals surface area contributed by atoms with Crippen LogP contribution in [0.5, 0.6) is 0 Å². The fourth-order valence-corrected chi connectivity index (χ4v) is 13.7. The maximum Gasteiger partial charge on any atom is 0.193 e. The minimum atomic E-state index is -2.09. The summed E-state index contributed by atoms with van der Waals surface area (Å²) >= 11 is 1.67. The van der Waals surface area contributed by atoms with Gasteiger partial charge in [-0.3, -0.25) is 0 Å². The third kappa shape index (κ3) is 9.19. The van der Waals surface area contributed by atoms with E-state index in [0.717, 1.165) is 60.7 Å². The molecular weight excluding hydrogens is 629 g/mol. The third-order valence-electron chi connectivity index (χ3n) is 13.0. The molecule has 3 nitrogen and oxygen atoms in total. The van der Waals surface area contributed by atoms with Gasteiger partial charge in [-0.1, -0.05) is 117 Å². The normalized spacial score (nSPS) is 29.6. The summed E-state index contributed by atoms with van der Waals surface area (Å²) in [5.41, 5.74) is 5.54. The van der Waals surface area contributed by atoms with E-state index in [1.807, 2.05) is 0 Å². The lowest BCUT2D eigenvalue weighted by Crippen LogP contribution is -2.48. The second-order valence-electron chi connectivity index (χ2n) is 16.6. The van der Waals surface area contributed by atoms with Crippen LogP contribution in [0.1, 0.15) is 127 Å². The number of thioether (sulfide) groups is 1. The predicted octanol–water partition coefficient (Wildman–Crippen LogP) is 12.7. The quantitative estimate of drug-likeness (QED) is 0.105. The molecule has 2 fully saturated rings. The molecule has 47 heavy (non-hydrogen) atoms. The molecule has 268 valence electrons. The van der Waals surface area contributed by atoms with Crippen LogP contribution in [0.15, 0.2) is 59.3 Å². The van der Waals surface area contributed by atoms with Crippen LogP contribution in [-0.2, 0) is 8.85 Å². The Kier molecular flexibility index (Phi) is 14.0. The third-order valence-corrected chi connectivity index (χ3v) is 23.4. The Hall–Kier alpha value is -0.636. The van der Waals surface area contributed by atoms with Gasteiger partial charge in [-0.25, -0.2) is 0 Å². The monoisotopic (exact) mass is 700 g/mol. The van der Waals surface area contributed by atoms with E-state index in [4.69, 9.17) is 8.85 Å². The van der Waals surface area contributed by atoms with Gasteiger partial charge >= 0.3 is 0 Å². The summed E-state index contributed by atoms with van der Waals surface area (Å²) in [6.07, 6.45) is 20.9. The van der Waals surface area contributed by atoms with Crippen molar-refractivity contribution in [3.63, 3.8) is 0 Å². The molecule has 0 heterocycles. The number of rotatable bonds is 15. The van der Waals surface area contributed by atoms with Gasteiger partial charge < -0.3 is 14.0 Å². The maximum atomic E-state index is 12.3. The number of fused-ring (bicyclic) bond motifs is 1. The fourth-order valence-electron chi connectivity index (χ4n) is 8.21. The number of hydrogen-bond donors (Lipinski definition) is 1. The van der Waals surface area contributed by atoms with Gasteiger partial charge in [-0.15, -0.1) is 11.8 Å². The molecule has 0 aromatic carbocycles. The van der Waals surface area contributed by atoms with Crippen molar-refractivity contribution in [3.8, 4) is 0 Å². The van der Waals surface area contributed by atoms with E-state index in [2.05, 4.69) is 119 Å². The largest absolute Gasteiger partial charge is 0.410 e. The summed E-state index contributed by atoms with van der Waals surface area (Å²) in [6, 6.07) is 3.47. The summed E-state index contributed by atoms with van der Waals surface area (Å²) in [5, 5.41) is 12.4. The zero-order valence-electron chi connectivity index (χ0n) is 32.6. The standard InChI is InChI=1S/C41H72O3SSi2/c1-14-35-25-26-36-33(22-20-27-39(35,36)11)23-24-34-30-41(42,31-37(32(34)7)43-46(12,13)38(8,9)10)45-29-21-28-40(15-2,16-3)44-47(17-4,18-5)19-6/h21,23-25,28,36-37,42H,7,14-20,22,26-27,29-31H2,1-6,8-13H3/t36-,37-,39+,41-/m0/s1. The number of aliphatic hydroxyl groups is 1. The highest BCUT2D eigenvalue weighted by Crippen LogP contribution is 2.55. The molecule has 0 amide bonds. The molecule has 0 aromatic rings. The summed E-state index contributed by atoms with van der Waals surface area (Å²) < 4.78 is 14.1. The summed E-state index contributed by atoms with van der Waals surface area (Å²) in [5.74, 6) is 1.35. The maximum absolute atomic E-state index is 12.3. The Morgan fingerprint density at radius 1 is 1.04 bits per heavy atom. The van der Waals surface area contributed by atoms with Crippen LogP contribution in [0, 0.1) is 11.3 Å². The molecule has 0 aliphatic heterocycles. The Labute approximate surface area is 297 Å². The van der Waals surface area contributed by atoms with Crippen molar-refractivity contribution in [2.45, 2.75) is 180 Å². The van der Waals surface area contributed by atoms with E-state index in [9.17, 15) is 5.11 Å². The molecule has 0 bridgehead atoms. The lowest BCUT2D eigenvalue weighted by Gasteiger charge is -2.45. The Morgan fingerprint density at radius 2 is 1.68 bits per heavy atom. The molecular formula is C41H72O3SSi2. The second kappa shape index (κ2) is 16.1. The van der Waals surface area contributed by atoms with Gasteiger partial charge in [-0.05, 0) is 104 Å². The zero-order valence-corrected chi connectivity index (χ0v) is 35.4. The van der Waals surface area contributed by atoms with Gasteiger partial charge in [0.25, 0.3) is 0 Å². The first kappa shape index (κ1) is 40.8. The zero-order chi connectivity index (χ0) is 35.3. The first-order chi connectivity index (χ1) is 21.9. The van der Waals surface area contributed by atoms with E-state index in [1.54, 1.807) is 22.9 Å². The fraction of sp³-hybridized carbons (Fsp3) is 0.756. The van der Waals surface area contributed by atoms with Crippen molar-refractivity contribution in [3.05, 3.63) is 59.3 Å². The van der Waals surface area contributed by atoms with Crippen molar-refractivity contribution < 1.29 is 14.0 Å². The molecule has 0 saturated heterocycles. The van der Waals surface area contributed by atoms with Crippen molar-refractivity contribution in [2.24, 2.45) is 11.3 Å². The van der Waals surface area contributed by atoms with Gasteiger partial charge in [0, 0.05) is 18.6 Å². The molecule has 6 heteroatoms. The van der Waals surface area contributed by atoms with E-state index in [1.165, 1.54) is 19.3 Å². The minimum Gasteiger partial charge on any atom is -0.410 e. The van der Waals surface area contributed by atoms with Gasteiger partial charge in [0.1, 0.15) is 4.93 Å². The lowest BCUT2D eigenvalue weighted by atomic mass is 9.64. The SMILES string of the molecule is C=C1C(=CC=C2CCC[C@]3(C)C(CC)=CC[C@@H]23)C[C@](O)(SCC=CC(CC)(CC)O[Si](CC)(CC)CC)C[C@@H]1O[Si](C)(C)C(C)(C)C. The Bertz CT molecular complexity index is 1190. The van der Waals surface area contributed by atoms with Gasteiger partial charge in [0.2, 0.25) is 0 Å². The second-order valence-corrected chi connectivity index (χ2v) is 27.5.